The van der Waals surface area contributed by atoms with Crippen LogP contribution < -0.4 is 0 Å². The van der Waals surface area contributed by atoms with E-state index in [-0.39, 0.29) is 5.15 Å². The number of aliphatic hydroxyl groups is 1. The van der Waals surface area contributed by atoms with Gasteiger partial charge in [0.15, 0.2) is 0 Å². The van der Waals surface area contributed by atoms with Crippen molar-refractivity contribution in [2.75, 3.05) is 6.67 Å². The van der Waals surface area contributed by atoms with Crippen molar-refractivity contribution in [1.82, 2.24) is 15.0 Å². The van der Waals surface area contributed by atoms with Crippen molar-refractivity contribution in [1.29, 1.82) is 0 Å². The Bertz CT molecular complexity index is 459. The van der Waals surface area contributed by atoms with Crippen LogP contribution in [-0.2, 0) is 0 Å². The first-order valence-electron chi connectivity index (χ1n) is 3.95. The Hall–Kier alpha value is -1.20. The Balaban J connectivity index is 2.67. The molecular formula is C8H7ClFN3O. The number of alkyl halides is 1. The summed E-state index contributed by atoms with van der Waals surface area (Å²) in [6.45, 7) is -0.863. The molecule has 0 spiro atoms. The molecule has 4 nitrogen and oxygen atoms in total. The van der Waals surface area contributed by atoms with Crippen LogP contribution in [0.15, 0.2) is 12.5 Å². The highest BCUT2D eigenvalue weighted by Crippen LogP contribution is 2.27. The normalized spacial score (nSPS) is 13.4. The highest BCUT2D eigenvalue weighted by Gasteiger charge is 2.16. The zero-order valence-electron chi connectivity index (χ0n) is 7.04. The Morgan fingerprint density at radius 2 is 2.36 bits per heavy atom. The van der Waals surface area contributed by atoms with Crippen LogP contribution in [0.5, 0.6) is 0 Å². The zero-order chi connectivity index (χ0) is 10.1. The Labute approximate surface area is 83.8 Å². The molecular weight excluding hydrogens is 209 g/mol. The molecule has 0 saturated heterocycles. The molecule has 2 heterocycles. The van der Waals surface area contributed by atoms with Gasteiger partial charge in [-0.15, -0.1) is 0 Å². The smallest absolute Gasteiger partial charge is 0.142 e. The maximum atomic E-state index is 12.3. The first-order chi connectivity index (χ1) is 6.74. The minimum Gasteiger partial charge on any atom is -0.386 e. The average Bonchev–Trinajstić information content (AvgIpc) is 2.62. The van der Waals surface area contributed by atoms with Crippen molar-refractivity contribution < 1.29 is 9.50 Å². The lowest BCUT2D eigenvalue weighted by molar-refractivity contribution is 0.143. The molecule has 1 atom stereocenters. The number of halogens is 2. The molecule has 0 aliphatic heterocycles. The summed E-state index contributed by atoms with van der Waals surface area (Å²) in [6.07, 6.45) is 1.59. The number of H-pyrrole nitrogens is 1. The summed E-state index contributed by atoms with van der Waals surface area (Å²) in [7, 11) is 0. The molecule has 74 valence electrons. The molecule has 2 N–H and O–H groups in total. The van der Waals surface area contributed by atoms with Gasteiger partial charge in [0.05, 0.1) is 5.39 Å². The molecule has 0 saturated carbocycles. The van der Waals surface area contributed by atoms with Crippen LogP contribution in [-0.4, -0.2) is 26.7 Å². The number of hydrogen-bond donors (Lipinski definition) is 2. The molecule has 14 heavy (non-hydrogen) atoms. The molecule has 0 aliphatic rings. The second-order valence-electron chi connectivity index (χ2n) is 2.80. The van der Waals surface area contributed by atoms with Gasteiger partial charge in [-0.05, 0) is 0 Å². The van der Waals surface area contributed by atoms with E-state index in [1.54, 1.807) is 0 Å². The van der Waals surface area contributed by atoms with Crippen LogP contribution >= 0.6 is 11.6 Å². The maximum absolute atomic E-state index is 12.3. The van der Waals surface area contributed by atoms with E-state index in [0.717, 1.165) is 0 Å². The third-order valence-corrected chi connectivity index (χ3v) is 2.25. The lowest BCUT2D eigenvalue weighted by Gasteiger charge is -2.03. The maximum Gasteiger partial charge on any atom is 0.142 e. The van der Waals surface area contributed by atoms with Gasteiger partial charge in [0, 0.05) is 11.8 Å². The molecule has 6 heteroatoms. The van der Waals surface area contributed by atoms with E-state index < -0.39 is 12.8 Å². The van der Waals surface area contributed by atoms with Gasteiger partial charge in [0.1, 0.15) is 29.9 Å². The predicted octanol–water partition coefficient (Wildman–Crippen LogP) is 1.61. The van der Waals surface area contributed by atoms with Crippen molar-refractivity contribution in [2.24, 2.45) is 0 Å². The number of aromatic amines is 1. The highest BCUT2D eigenvalue weighted by molar-refractivity contribution is 6.34. The number of rotatable bonds is 2. The molecule has 0 bridgehead atoms. The topological polar surface area (TPSA) is 61.8 Å². The van der Waals surface area contributed by atoms with Crippen LogP contribution in [0.1, 0.15) is 11.7 Å². The quantitative estimate of drug-likeness (QED) is 0.749. The summed E-state index contributed by atoms with van der Waals surface area (Å²) in [5.41, 5.74) is 0.876. The Kier molecular flexibility index (Phi) is 2.35. The summed E-state index contributed by atoms with van der Waals surface area (Å²) < 4.78 is 12.3. The molecule has 0 fully saturated rings. The Morgan fingerprint density at radius 1 is 1.57 bits per heavy atom. The van der Waals surface area contributed by atoms with E-state index in [4.69, 9.17) is 11.6 Å². The molecule has 0 amide bonds. The summed E-state index contributed by atoms with van der Waals surface area (Å²) in [5.74, 6) is 0. The van der Waals surface area contributed by atoms with E-state index >= 15 is 0 Å². The number of nitrogens with one attached hydrogen (secondary N) is 1. The minimum absolute atomic E-state index is 0.207. The monoisotopic (exact) mass is 215 g/mol. The third-order valence-electron chi connectivity index (χ3n) is 1.96. The van der Waals surface area contributed by atoms with Crippen LogP contribution in [0.4, 0.5) is 4.39 Å². The number of nitrogens with zero attached hydrogens (tertiary/aromatic N) is 2. The van der Waals surface area contributed by atoms with E-state index in [9.17, 15) is 9.50 Å². The fraction of sp³-hybridized carbons (Fsp3) is 0.250. The Morgan fingerprint density at radius 3 is 3.07 bits per heavy atom. The summed E-state index contributed by atoms with van der Waals surface area (Å²) >= 11 is 5.80. The van der Waals surface area contributed by atoms with Crippen LogP contribution in [0.2, 0.25) is 5.15 Å². The van der Waals surface area contributed by atoms with Gasteiger partial charge < -0.3 is 10.1 Å². The van der Waals surface area contributed by atoms with Gasteiger partial charge >= 0.3 is 0 Å². The molecule has 0 aliphatic carbocycles. The second-order valence-corrected chi connectivity index (χ2v) is 3.16. The lowest BCUT2D eigenvalue weighted by Crippen LogP contribution is -1.98. The van der Waals surface area contributed by atoms with Gasteiger partial charge in [-0.2, -0.15) is 0 Å². The van der Waals surface area contributed by atoms with Crippen LogP contribution in [0.3, 0.4) is 0 Å². The largest absolute Gasteiger partial charge is 0.386 e. The molecule has 0 radical (unpaired) electrons. The zero-order valence-corrected chi connectivity index (χ0v) is 7.79. The van der Waals surface area contributed by atoms with Gasteiger partial charge in [-0.3, -0.25) is 0 Å². The van der Waals surface area contributed by atoms with Crippen molar-refractivity contribution in [3.63, 3.8) is 0 Å². The molecule has 0 aromatic carbocycles. The first kappa shape index (κ1) is 9.36. The van der Waals surface area contributed by atoms with Crippen LogP contribution in [0, 0.1) is 0 Å². The first-order valence-corrected chi connectivity index (χ1v) is 4.33. The summed E-state index contributed by atoms with van der Waals surface area (Å²) in [6, 6.07) is 0. The molecule has 1 unspecified atom stereocenters. The number of aliphatic hydroxyl groups excluding tert-OH is 1. The van der Waals surface area contributed by atoms with Crippen molar-refractivity contribution >= 4 is 22.6 Å². The minimum atomic E-state index is -1.19. The van der Waals surface area contributed by atoms with E-state index in [2.05, 4.69) is 15.0 Å². The fourth-order valence-electron chi connectivity index (χ4n) is 1.29. The third kappa shape index (κ3) is 1.34. The molecule has 2 aromatic heterocycles. The number of fused-ring (bicyclic) bond motifs is 1. The summed E-state index contributed by atoms with van der Waals surface area (Å²) in [4.78, 5) is 10.4. The van der Waals surface area contributed by atoms with Gasteiger partial charge in [-0.25, -0.2) is 14.4 Å². The standard InChI is InChI=1S/C8H7ClFN3O/c9-7-6-4(5(14)1-10)2-11-8(6)13-3-12-7/h2-3,5,14H,1H2,(H,11,12,13). The second kappa shape index (κ2) is 3.51. The lowest BCUT2D eigenvalue weighted by atomic mass is 10.1. The average molecular weight is 216 g/mol. The number of hydrogen-bond acceptors (Lipinski definition) is 3. The van der Waals surface area contributed by atoms with Crippen LogP contribution in [0.25, 0.3) is 11.0 Å². The highest BCUT2D eigenvalue weighted by atomic mass is 35.5. The molecule has 2 aromatic rings. The fourth-order valence-corrected chi connectivity index (χ4v) is 1.54. The van der Waals surface area contributed by atoms with Gasteiger partial charge in [0.25, 0.3) is 0 Å². The van der Waals surface area contributed by atoms with Gasteiger partial charge in [-0.1, -0.05) is 11.6 Å². The summed E-state index contributed by atoms with van der Waals surface area (Å²) in [5, 5.41) is 10.0. The van der Waals surface area contributed by atoms with E-state index in [0.29, 0.717) is 16.6 Å². The SMILES string of the molecule is OC(CF)c1c[nH]c2ncnc(Cl)c12. The predicted molar refractivity (Wildman–Crippen MR) is 49.8 cm³/mol. The van der Waals surface area contributed by atoms with Gasteiger partial charge in [0.2, 0.25) is 0 Å². The molecule has 2 rings (SSSR count). The van der Waals surface area contributed by atoms with Crippen molar-refractivity contribution in [3.8, 4) is 0 Å². The van der Waals surface area contributed by atoms with E-state index in [1.165, 1.54) is 12.5 Å². The van der Waals surface area contributed by atoms with Crippen molar-refractivity contribution in [2.45, 2.75) is 6.10 Å². The van der Waals surface area contributed by atoms with E-state index in [1.807, 2.05) is 0 Å². The van der Waals surface area contributed by atoms with Crippen molar-refractivity contribution in [3.05, 3.63) is 23.2 Å². The number of aromatic nitrogens is 3.